The second kappa shape index (κ2) is 5.83. The van der Waals surface area contributed by atoms with Crippen LogP contribution in [0.4, 0.5) is 0 Å². The molecule has 6 heteroatoms. The van der Waals surface area contributed by atoms with E-state index in [-0.39, 0.29) is 13.1 Å². The highest BCUT2D eigenvalue weighted by atomic mass is 16.5. The zero-order chi connectivity index (χ0) is 10.3. The highest BCUT2D eigenvalue weighted by molar-refractivity contribution is 5.75. The first-order valence-corrected chi connectivity index (χ1v) is 3.42. The first-order valence-electron chi connectivity index (χ1n) is 3.42. The largest absolute Gasteiger partial charge is 0.468 e. The van der Waals surface area contributed by atoms with Crippen molar-refractivity contribution in [1.29, 1.82) is 5.26 Å². The van der Waals surface area contributed by atoms with Crippen molar-refractivity contribution in [3.8, 4) is 6.19 Å². The van der Waals surface area contributed by atoms with Gasteiger partial charge in [-0.25, -0.2) is 0 Å². The molecule has 0 heterocycles. The number of nitrogens with zero attached hydrogens (tertiary/aromatic N) is 2. The molecule has 0 N–H and O–H groups in total. The summed E-state index contributed by atoms with van der Waals surface area (Å²) in [5.41, 5.74) is 0. The number of esters is 2. The fourth-order valence-corrected chi connectivity index (χ4v) is 0.567. The van der Waals surface area contributed by atoms with Gasteiger partial charge in [-0.2, -0.15) is 5.26 Å². The Balaban J connectivity index is 3.98. The molecule has 0 spiro atoms. The lowest BCUT2D eigenvalue weighted by Crippen LogP contribution is -2.31. The third kappa shape index (κ3) is 4.63. The number of hydrogen-bond acceptors (Lipinski definition) is 6. The van der Waals surface area contributed by atoms with Crippen molar-refractivity contribution in [1.82, 2.24) is 4.90 Å². The lowest BCUT2D eigenvalue weighted by atomic mass is 10.5. The molecule has 0 radical (unpaired) electrons. The molecule has 0 saturated carbocycles. The topological polar surface area (TPSA) is 79.6 Å². The van der Waals surface area contributed by atoms with E-state index in [4.69, 9.17) is 5.26 Å². The number of carbonyl (C=O) groups excluding carboxylic acids is 2. The Morgan fingerprint density at radius 3 is 1.85 bits per heavy atom. The number of ether oxygens (including phenoxy) is 2. The summed E-state index contributed by atoms with van der Waals surface area (Å²) in [5.74, 6) is -1.16. The van der Waals surface area contributed by atoms with Crippen LogP contribution in [0.2, 0.25) is 0 Å². The minimum Gasteiger partial charge on any atom is -0.468 e. The van der Waals surface area contributed by atoms with E-state index in [1.807, 2.05) is 0 Å². The summed E-state index contributed by atoms with van der Waals surface area (Å²) < 4.78 is 8.63. The number of rotatable bonds is 4. The first kappa shape index (κ1) is 11.2. The molecule has 0 fully saturated rings. The zero-order valence-electron chi connectivity index (χ0n) is 7.44. The lowest BCUT2D eigenvalue weighted by Gasteiger charge is -2.11. The molecule has 0 rings (SSSR count). The van der Waals surface area contributed by atoms with E-state index < -0.39 is 11.9 Å². The molecule has 0 aromatic carbocycles. The Morgan fingerprint density at radius 1 is 1.23 bits per heavy atom. The maximum absolute atomic E-state index is 10.7. The van der Waals surface area contributed by atoms with Crippen molar-refractivity contribution in [2.24, 2.45) is 0 Å². The van der Waals surface area contributed by atoms with E-state index in [0.717, 1.165) is 4.90 Å². The van der Waals surface area contributed by atoms with Gasteiger partial charge in [0.2, 0.25) is 0 Å². The molecule has 6 nitrogen and oxygen atoms in total. The molecular weight excluding hydrogens is 176 g/mol. The molecule has 0 atom stereocenters. The van der Waals surface area contributed by atoms with Gasteiger partial charge in [-0.3, -0.25) is 14.5 Å². The summed E-state index contributed by atoms with van der Waals surface area (Å²) in [6.45, 7) is -0.496. The molecule has 0 aromatic heterocycles. The molecular formula is C7H10N2O4. The predicted molar refractivity (Wildman–Crippen MR) is 41.2 cm³/mol. The Labute approximate surface area is 75.6 Å². The third-order valence-electron chi connectivity index (χ3n) is 1.24. The van der Waals surface area contributed by atoms with Crippen LogP contribution in [0.1, 0.15) is 0 Å². The van der Waals surface area contributed by atoms with Gasteiger partial charge in [0.05, 0.1) is 14.2 Å². The minimum absolute atomic E-state index is 0.248. The van der Waals surface area contributed by atoms with E-state index >= 15 is 0 Å². The van der Waals surface area contributed by atoms with Gasteiger partial charge in [0.15, 0.2) is 6.19 Å². The Morgan fingerprint density at radius 2 is 1.62 bits per heavy atom. The summed E-state index contributed by atoms with van der Waals surface area (Å²) in [6.07, 6.45) is 1.66. The molecule has 0 bridgehead atoms. The van der Waals surface area contributed by atoms with Gasteiger partial charge in [0.25, 0.3) is 0 Å². The lowest BCUT2D eigenvalue weighted by molar-refractivity contribution is -0.144. The molecule has 0 aliphatic heterocycles. The molecule has 0 aliphatic rings. The average Bonchev–Trinajstić information content (AvgIpc) is 2.16. The molecule has 0 aliphatic carbocycles. The number of methoxy groups -OCH3 is 2. The van der Waals surface area contributed by atoms with E-state index in [0.29, 0.717) is 0 Å². The Kier molecular flexibility index (Phi) is 5.03. The van der Waals surface area contributed by atoms with Crippen molar-refractivity contribution >= 4 is 11.9 Å². The fourth-order valence-electron chi connectivity index (χ4n) is 0.567. The van der Waals surface area contributed by atoms with E-state index in [1.54, 1.807) is 6.19 Å². The fraction of sp³-hybridized carbons (Fsp3) is 0.571. The highest BCUT2D eigenvalue weighted by Gasteiger charge is 2.12. The molecule has 0 saturated heterocycles. The van der Waals surface area contributed by atoms with Gasteiger partial charge in [-0.1, -0.05) is 0 Å². The van der Waals surface area contributed by atoms with E-state index in [2.05, 4.69) is 9.47 Å². The van der Waals surface area contributed by atoms with Crippen molar-refractivity contribution < 1.29 is 19.1 Å². The maximum Gasteiger partial charge on any atom is 0.326 e. The number of nitriles is 1. The summed E-state index contributed by atoms with van der Waals surface area (Å²) in [4.78, 5) is 22.3. The smallest absolute Gasteiger partial charge is 0.326 e. The van der Waals surface area contributed by atoms with Crippen LogP contribution in [0, 0.1) is 11.5 Å². The monoisotopic (exact) mass is 186 g/mol. The van der Waals surface area contributed by atoms with Crippen LogP contribution in [0.25, 0.3) is 0 Å². The highest BCUT2D eigenvalue weighted by Crippen LogP contribution is 1.88. The maximum atomic E-state index is 10.7. The normalized spacial score (nSPS) is 8.38. The van der Waals surface area contributed by atoms with Gasteiger partial charge in [0, 0.05) is 0 Å². The van der Waals surface area contributed by atoms with Crippen molar-refractivity contribution in [2.75, 3.05) is 27.3 Å². The molecule has 0 aromatic rings. The van der Waals surface area contributed by atoms with Crippen molar-refractivity contribution in [3.63, 3.8) is 0 Å². The van der Waals surface area contributed by atoms with Gasteiger partial charge in [0.1, 0.15) is 13.1 Å². The van der Waals surface area contributed by atoms with Crippen LogP contribution < -0.4 is 0 Å². The summed E-state index contributed by atoms with van der Waals surface area (Å²) in [5, 5.41) is 8.48. The second-order valence-electron chi connectivity index (χ2n) is 2.11. The average molecular weight is 186 g/mol. The van der Waals surface area contributed by atoms with Crippen molar-refractivity contribution in [3.05, 3.63) is 0 Å². The first-order chi connectivity index (χ1) is 6.13. The molecule has 0 unspecified atom stereocenters. The van der Waals surface area contributed by atoms with Gasteiger partial charge < -0.3 is 9.47 Å². The summed E-state index contributed by atoms with van der Waals surface area (Å²) >= 11 is 0. The molecule has 0 amide bonds. The van der Waals surface area contributed by atoms with E-state index in [1.165, 1.54) is 14.2 Å². The van der Waals surface area contributed by atoms with Crippen LogP contribution in [0.3, 0.4) is 0 Å². The Bertz CT molecular complexity index is 215. The van der Waals surface area contributed by atoms with Crippen LogP contribution in [0.15, 0.2) is 0 Å². The predicted octanol–water partition coefficient (Wildman–Crippen LogP) is -0.885. The minimum atomic E-state index is -0.578. The standard InChI is InChI=1S/C7H10N2O4/c1-12-6(10)3-9(5-8)4-7(11)13-2/h3-4H2,1-2H3. The third-order valence-corrected chi connectivity index (χ3v) is 1.24. The van der Waals surface area contributed by atoms with Crippen LogP contribution in [-0.2, 0) is 19.1 Å². The van der Waals surface area contributed by atoms with Crippen molar-refractivity contribution in [2.45, 2.75) is 0 Å². The summed E-state index contributed by atoms with van der Waals surface area (Å²) in [6, 6.07) is 0. The number of carbonyl (C=O) groups is 2. The van der Waals surface area contributed by atoms with Gasteiger partial charge in [-0.05, 0) is 0 Å². The SMILES string of the molecule is COC(=O)CN(C#N)CC(=O)OC. The zero-order valence-corrected chi connectivity index (χ0v) is 7.44. The van der Waals surface area contributed by atoms with Gasteiger partial charge in [-0.15, -0.1) is 0 Å². The van der Waals surface area contributed by atoms with Crippen LogP contribution in [0.5, 0.6) is 0 Å². The molecule has 13 heavy (non-hydrogen) atoms. The van der Waals surface area contributed by atoms with E-state index in [9.17, 15) is 9.59 Å². The number of hydrogen-bond donors (Lipinski definition) is 0. The summed E-state index contributed by atoms with van der Waals surface area (Å²) in [7, 11) is 2.41. The Hall–Kier alpha value is -1.77. The van der Waals surface area contributed by atoms with Gasteiger partial charge >= 0.3 is 11.9 Å². The quantitative estimate of drug-likeness (QED) is 0.322. The molecule has 72 valence electrons. The second-order valence-corrected chi connectivity index (χ2v) is 2.11. The van der Waals surface area contributed by atoms with Crippen LogP contribution >= 0.6 is 0 Å². The van der Waals surface area contributed by atoms with Crippen LogP contribution in [-0.4, -0.2) is 44.1 Å².